The molecule has 0 fully saturated rings. The molecular formula is C22H13F7N2O2. The van der Waals surface area contributed by atoms with Gasteiger partial charge in [0, 0.05) is 11.3 Å². The molecule has 0 bridgehead atoms. The SMILES string of the molecule is O=C(Nc1ccc(NC(=O)c2ccccc2C(F)(F)F)c(C(F)(F)F)c1)c1ccc(F)cc1. The fourth-order valence-corrected chi connectivity index (χ4v) is 2.89. The number of benzene rings is 3. The number of carbonyl (C=O) groups is 2. The van der Waals surface area contributed by atoms with Gasteiger partial charge in [-0.1, -0.05) is 12.1 Å². The molecule has 33 heavy (non-hydrogen) atoms. The van der Waals surface area contributed by atoms with Crippen molar-refractivity contribution in [2.75, 3.05) is 10.6 Å². The molecule has 172 valence electrons. The van der Waals surface area contributed by atoms with E-state index in [4.69, 9.17) is 0 Å². The molecule has 0 aliphatic carbocycles. The maximum atomic E-state index is 13.6. The van der Waals surface area contributed by atoms with Crippen LogP contribution in [0, 0.1) is 5.82 Å². The third-order valence-corrected chi connectivity index (χ3v) is 4.41. The van der Waals surface area contributed by atoms with Gasteiger partial charge < -0.3 is 10.6 Å². The quantitative estimate of drug-likeness (QED) is 0.436. The Morgan fingerprint density at radius 3 is 1.88 bits per heavy atom. The first kappa shape index (κ1) is 23.8. The maximum absolute atomic E-state index is 13.6. The summed E-state index contributed by atoms with van der Waals surface area (Å²) < 4.78 is 93.1. The van der Waals surface area contributed by atoms with Crippen LogP contribution in [0.1, 0.15) is 31.8 Å². The van der Waals surface area contributed by atoms with Gasteiger partial charge in [-0.05, 0) is 54.6 Å². The van der Waals surface area contributed by atoms with Gasteiger partial charge in [-0.15, -0.1) is 0 Å². The van der Waals surface area contributed by atoms with Crippen molar-refractivity contribution in [3.63, 3.8) is 0 Å². The number of hydrogen-bond acceptors (Lipinski definition) is 2. The van der Waals surface area contributed by atoms with E-state index in [1.165, 1.54) is 0 Å². The lowest BCUT2D eigenvalue weighted by Crippen LogP contribution is -2.21. The van der Waals surface area contributed by atoms with Gasteiger partial charge in [0.2, 0.25) is 0 Å². The highest BCUT2D eigenvalue weighted by Gasteiger charge is 2.37. The lowest BCUT2D eigenvalue weighted by Gasteiger charge is -2.17. The number of alkyl halides is 6. The number of carbonyl (C=O) groups excluding carboxylic acids is 2. The fraction of sp³-hybridized carbons (Fsp3) is 0.0909. The molecule has 0 unspecified atom stereocenters. The minimum absolute atomic E-state index is 0.0221. The molecule has 2 amide bonds. The Balaban J connectivity index is 1.90. The summed E-state index contributed by atoms with van der Waals surface area (Å²) in [5, 5.41) is 4.06. The number of nitrogens with one attached hydrogen (secondary N) is 2. The second-order valence-corrected chi connectivity index (χ2v) is 6.72. The Morgan fingerprint density at radius 2 is 1.27 bits per heavy atom. The Morgan fingerprint density at radius 1 is 0.667 bits per heavy atom. The first-order chi connectivity index (χ1) is 15.4. The molecule has 0 saturated carbocycles. The molecule has 0 heterocycles. The first-order valence-corrected chi connectivity index (χ1v) is 9.12. The zero-order chi connectivity index (χ0) is 24.4. The molecule has 0 aliphatic heterocycles. The molecule has 3 rings (SSSR count). The van der Waals surface area contributed by atoms with Gasteiger partial charge in [-0.3, -0.25) is 9.59 Å². The molecule has 3 aromatic rings. The number of anilines is 2. The minimum atomic E-state index is -5.01. The fourth-order valence-electron chi connectivity index (χ4n) is 2.89. The van der Waals surface area contributed by atoms with Crippen molar-refractivity contribution < 1.29 is 40.3 Å². The smallest absolute Gasteiger partial charge is 0.322 e. The van der Waals surface area contributed by atoms with Crippen LogP contribution >= 0.6 is 0 Å². The predicted octanol–water partition coefficient (Wildman–Crippen LogP) is 6.37. The Bertz CT molecular complexity index is 1190. The first-order valence-electron chi connectivity index (χ1n) is 9.12. The summed E-state index contributed by atoms with van der Waals surface area (Å²) in [6, 6.07) is 10.2. The normalized spacial score (nSPS) is 11.7. The van der Waals surface area contributed by atoms with Crippen LogP contribution in [0.5, 0.6) is 0 Å². The van der Waals surface area contributed by atoms with Gasteiger partial charge in [0.15, 0.2) is 0 Å². The van der Waals surface area contributed by atoms with E-state index in [1.54, 1.807) is 0 Å². The summed E-state index contributed by atoms with van der Waals surface area (Å²) in [4.78, 5) is 24.5. The maximum Gasteiger partial charge on any atom is 0.418 e. The molecule has 0 atom stereocenters. The monoisotopic (exact) mass is 470 g/mol. The van der Waals surface area contributed by atoms with Crippen LogP contribution in [-0.2, 0) is 12.4 Å². The van der Waals surface area contributed by atoms with Crippen LogP contribution < -0.4 is 10.6 Å². The molecule has 11 heteroatoms. The molecule has 0 saturated heterocycles. The zero-order valence-corrected chi connectivity index (χ0v) is 16.3. The largest absolute Gasteiger partial charge is 0.418 e. The van der Waals surface area contributed by atoms with E-state index < -0.39 is 52.4 Å². The summed E-state index contributed by atoms with van der Waals surface area (Å²) in [7, 11) is 0. The third-order valence-electron chi connectivity index (χ3n) is 4.41. The van der Waals surface area contributed by atoms with Crippen molar-refractivity contribution in [2.24, 2.45) is 0 Å². The van der Waals surface area contributed by atoms with Crippen molar-refractivity contribution in [2.45, 2.75) is 12.4 Å². The van der Waals surface area contributed by atoms with E-state index in [0.29, 0.717) is 12.1 Å². The van der Waals surface area contributed by atoms with Crippen LogP contribution in [0.4, 0.5) is 42.1 Å². The lowest BCUT2D eigenvalue weighted by molar-refractivity contribution is -0.138. The molecule has 0 aliphatic rings. The van der Waals surface area contributed by atoms with Crippen LogP contribution in [-0.4, -0.2) is 11.8 Å². The van der Waals surface area contributed by atoms with Gasteiger partial charge in [0.25, 0.3) is 11.8 Å². The molecule has 2 N–H and O–H groups in total. The molecule has 4 nitrogen and oxygen atoms in total. The van der Waals surface area contributed by atoms with Crippen LogP contribution in [0.25, 0.3) is 0 Å². The molecule has 0 radical (unpaired) electrons. The van der Waals surface area contributed by atoms with Gasteiger partial charge in [0.05, 0.1) is 22.4 Å². The van der Waals surface area contributed by atoms with E-state index in [9.17, 15) is 40.3 Å². The van der Waals surface area contributed by atoms with Crippen molar-refractivity contribution >= 4 is 23.2 Å². The number of amides is 2. The summed E-state index contributed by atoms with van der Waals surface area (Å²) in [6.07, 6.45) is -9.90. The van der Waals surface area contributed by atoms with E-state index in [-0.39, 0.29) is 11.3 Å². The van der Waals surface area contributed by atoms with Crippen LogP contribution in [0.3, 0.4) is 0 Å². The van der Waals surface area contributed by atoms with Crippen molar-refractivity contribution in [3.05, 3.63) is 94.8 Å². The van der Waals surface area contributed by atoms with Crippen LogP contribution in [0.2, 0.25) is 0 Å². The van der Waals surface area contributed by atoms with Crippen molar-refractivity contribution in [1.29, 1.82) is 0 Å². The molecule has 3 aromatic carbocycles. The zero-order valence-electron chi connectivity index (χ0n) is 16.3. The second kappa shape index (κ2) is 8.93. The number of hydrogen-bond donors (Lipinski definition) is 2. The summed E-state index contributed by atoms with van der Waals surface area (Å²) >= 11 is 0. The Hall–Kier alpha value is -3.89. The minimum Gasteiger partial charge on any atom is -0.322 e. The topological polar surface area (TPSA) is 58.2 Å². The summed E-state index contributed by atoms with van der Waals surface area (Å²) in [5.74, 6) is -2.83. The number of rotatable bonds is 4. The average molecular weight is 470 g/mol. The van der Waals surface area contributed by atoms with Crippen molar-refractivity contribution in [1.82, 2.24) is 0 Å². The highest BCUT2D eigenvalue weighted by atomic mass is 19.4. The highest BCUT2D eigenvalue weighted by molar-refractivity contribution is 6.07. The summed E-state index contributed by atoms with van der Waals surface area (Å²) in [5.41, 5.74) is -4.68. The Kier molecular flexibility index (Phi) is 6.43. The molecular weight excluding hydrogens is 457 g/mol. The van der Waals surface area contributed by atoms with Crippen molar-refractivity contribution in [3.8, 4) is 0 Å². The lowest BCUT2D eigenvalue weighted by atomic mass is 10.1. The van der Waals surface area contributed by atoms with E-state index in [0.717, 1.165) is 54.6 Å². The molecule has 0 spiro atoms. The number of halogens is 7. The van der Waals surface area contributed by atoms with Gasteiger partial charge >= 0.3 is 12.4 Å². The Labute approximate surface area is 182 Å². The van der Waals surface area contributed by atoms with E-state index in [2.05, 4.69) is 5.32 Å². The van der Waals surface area contributed by atoms with E-state index in [1.807, 2.05) is 5.32 Å². The third kappa shape index (κ3) is 5.68. The second-order valence-electron chi connectivity index (χ2n) is 6.72. The van der Waals surface area contributed by atoms with E-state index >= 15 is 0 Å². The molecule has 0 aromatic heterocycles. The highest BCUT2D eigenvalue weighted by Crippen LogP contribution is 2.38. The standard InChI is InChI=1S/C22H13F7N2O2/c23-13-7-5-12(6-8-13)19(32)30-14-9-10-18(17(11-14)22(27,28)29)31-20(33)15-3-1-2-4-16(15)21(24,25)26/h1-11H,(H,30,32)(H,31,33). The predicted molar refractivity (Wildman–Crippen MR) is 105 cm³/mol. The summed E-state index contributed by atoms with van der Waals surface area (Å²) in [6.45, 7) is 0. The average Bonchev–Trinajstić information content (AvgIpc) is 2.74. The van der Waals surface area contributed by atoms with Gasteiger partial charge in [-0.2, -0.15) is 26.3 Å². The van der Waals surface area contributed by atoms with Crippen LogP contribution in [0.15, 0.2) is 66.7 Å². The van der Waals surface area contributed by atoms with Gasteiger partial charge in [-0.25, -0.2) is 4.39 Å². The van der Waals surface area contributed by atoms with Gasteiger partial charge in [0.1, 0.15) is 5.82 Å².